The number of piperidine rings is 1. The second kappa shape index (κ2) is 9.98. The average Bonchev–Trinajstić information content (AvgIpc) is 2.82. The molecule has 142 valence electrons. The molecule has 0 spiro atoms. The largest absolute Gasteiger partial charge is 0.359 e. The van der Waals surface area contributed by atoms with Gasteiger partial charge in [-0.25, -0.2) is 0 Å². The molecule has 0 unspecified atom stereocenters. The minimum atomic E-state index is 0. The number of rotatable bonds is 4. The molecular formula is C17H31IN6O. The molecule has 0 radical (unpaired) electrons. The Hall–Kier alpha value is -1.32. The predicted molar refractivity (Wildman–Crippen MR) is 111 cm³/mol. The topological polar surface area (TPSA) is 74.5 Å². The van der Waals surface area contributed by atoms with Crippen LogP contribution in [0.2, 0.25) is 0 Å². The lowest BCUT2D eigenvalue weighted by Gasteiger charge is -2.34. The Morgan fingerprint density at radius 1 is 1.32 bits per heavy atom. The predicted octanol–water partition coefficient (Wildman–Crippen LogP) is 1.58. The Labute approximate surface area is 167 Å². The van der Waals surface area contributed by atoms with E-state index in [2.05, 4.69) is 32.5 Å². The van der Waals surface area contributed by atoms with Gasteiger partial charge < -0.3 is 15.5 Å². The van der Waals surface area contributed by atoms with E-state index in [1.807, 2.05) is 25.7 Å². The highest BCUT2D eigenvalue weighted by atomic mass is 127. The van der Waals surface area contributed by atoms with Crippen LogP contribution in [0.3, 0.4) is 0 Å². The monoisotopic (exact) mass is 462 g/mol. The molecular weight excluding hydrogens is 431 g/mol. The number of carbonyl (C=O) groups excluding carboxylic acids is 1. The number of nitrogens with one attached hydrogen (secondary N) is 2. The van der Waals surface area contributed by atoms with Crippen LogP contribution in [0.1, 0.15) is 36.2 Å². The highest BCUT2D eigenvalue weighted by Crippen LogP contribution is 2.20. The van der Waals surface area contributed by atoms with Gasteiger partial charge in [0.2, 0.25) is 5.91 Å². The van der Waals surface area contributed by atoms with E-state index >= 15 is 0 Å². The number of hydrogen-bond donors (Lipinski definition) is 2. The second-order valence-corrected chi connectivity index (χ2v) is 6.48. The maximum Gasteiger partial charge on any atom is 0.220 e. The van der Waals surface area contributed by atoms with Gasteiger partial charge in [-0.1, -0.05) is 0 Å². The van der Waals surface area contributed by atoms with Crippen LogP contribution < -0.4 is 10.6 Å². The van der Waals surface area contributed by atoms with E-state index in [0.29, 0.717) is 12.3 Å². The summed E-state index contributed by atoms with van der Waals surface area (Å²) in [4.78, 5) is 18.2. The molecule has 1 saturated heterocycles. The zero-order valence-electron chi connectivity index (χ0n) is 15.9. The van der Waals surface area contributed by atoms with E-state index in [9.17, 15) is 4.79 Å². The lowest BCUT2D eigenvalue weighted by atomic mass is 9.93. The highest BCUT2D eigenvalue weighted by molar-refractivity contribution is 14.0. The van der Waals surface area contributed by atoms with Crippen molar-refractivity contribution >= 4 is 35.8 Å². The Bertz CT molecular complexity index is 605. The van der Waals surface area contributed by atoms with E-state index in [4.69, 9.17) is 0 Å². The number of hydrogen-bond acceptors (Lipinski definition) is 3. The second-order valence-electron chi connectivity index (χ2n) is 6.48. The van der Waals surface area contributed by atoms with Gasteiger partial charge in [0.25, 0.3) is 0 Å². The van der Waals surface area contributed by atoms with Gasteiger partial charge in [-0.05, 0) is 32.6 Å². The lowest BCUT2D eigenvalue weighted by Crippen LogP contribution is -2.45. The minimum Gasteiger partial charge on any atom is -0.359 e. The number of halogens is 1. The molecule has 0 atom stereocenters. The van der Waals surface area contributed by atoms with Crippen molar-refractivity contribution in [2.45, 2.75) is 39.7 Å². The Morgan fingerprint density at radius 2 is 1.96 bits per heavy atom. The normalized spacial score (nSPS) is 15.7. The van der Waals surface area contributed by atoms with Gasteiger partial charge in [-0.3, -0.25) is 14.5 Å². The molecule has 0 aromatic carbocycles. The van der Waals surface area contributed by atoms with Gasteiger partial charge in [0.05, 0.1) is 5.69 Å². The van der Waals surface area contributed by atoms with Crippen molar-refractivity contribution in [3.63, 3.8) is 0 Å². The summed E-state index contributed by atoms with van der Waals surface area (Å²) in [7, 11) is 5.49. The maximum absolute atomic E-state index is 11.5. The van der Waals surface area contributed by atoms with Crippen LogP contribution in [0.15, 0.2) is 4.99 Å². The molecule has 25 heavy (non-hydrogen) atoms. The summed E-state index contributed by atoms with van der Waals surface area (Å²) in [6, 6.07) is 0. The van der Waals surface area contributed by atoms with Crippen LogP contribution >= 0.6 is 24.0 Å². The van der Waals surface area contributed by atoms with E-state index in [-0.39, 0.29) is 29.9 Å². The van der Waals surface area contributed by atoms with Crippen LogP contribution in [0.4, 0.5) is 0 Å². The fraction of sp³-hybridized carbons (Fsp3) is 0.706. The fourth-order valence-corrected chi connectivity index (χ4v) is 3.29. The molecule has 1 aliphatic rings. The Balaban J connectivity index is 0.00000312. The van der Waals surface area contributed by atoms with Gasteiger partial charge in [0, 0.05) is 58.5 Å². The molecule has 0 bridgehead atoms. The minimum absolute atomic E-state index is 0. The van der Waals surface area contributed by atoms with Gasteiger partial charge >= 0.3 is 0 Å². The van der Waals surface area contributed by atoms with Crippen molar-refractivity contribution in [3.8, 4) is 0 Å². The maximum atomic E-state index is 11.5. The number of amides is 1. The van der Waals surface area contributed by atoms with Crippen molar-refractivity contribution < 1.29 is 4.79 Å². The number of nitrogens with zero attached hydrogens (tertiary/aromatic N) is 4. The van der Waals surface area contributed by atoms with E-state index in [1.54, 1.807) is 7.05 Å². The number of aliphatic imine (C=N–C) groups is 1. The molecule has 7 nitrogen and oxygen atoms in total. The molecule has 1 aliphatic heterocycles. The van der Waals surface area contributed by atoms with Crippen LogP contribution in [0, 0.1) is 19.8 Å². The van der Waals surface area contributed by atoms with E-state index in [1.165, 1.54) is 11.3 Å². The Morgan fingerprint density at radius 3 is 2.44 bits per heavy atom. The van der Waals surface area contributed by atoms with Crippen LogP contribution in [0.5, 0.6) is 0 Å². The van der Waals surface area contributed by atoms with Gasteiger partial charge in [0.15, 0.2) is 5.96 Å². The molecule has 1 aromatic heterocycles. The third-order valence-electron chi connectivity index (χ3n) is 4.96. The van der Waals surface area contributed by atoms with Gasteiger partial charge in [-0.2, -0.15) is 5.10 Å². The molecule has 1 aromatic rings. The van der Waals surface area contributed by atoms with Crippen molar-refractivity contribution in [2.24, 2.45) is 18.0 Å². The SMILES string of the molecule is CN=C(NCc1c(C)nn(C)c1C)N1CCC(CC(=O)NC)CC1.I. The summed E-state index contributed by atoms with van der Waals surface area (Å²) in [5, 5.41) is 10.6. The van der Waals surface area contributed by atoms with Crippen molar-refractivity contribution in [1.82, 2.24) is 25.3 Å². The van der Waals surface area contributed by atoms with Crippen molar-refractivity contribution in [2.75, 3.05) is 27.2 Å². The van der Waals surface area contributed by atoms with Crippen LogP contribution in [0.25, 0.3) is 0 Å². The summed E-state index contributed by atoms with van der Waals surface area (Å²) >= 11 is 0. The van der Waals surface area contributed by atoms with E-state index in [0.717, 1.165) is 44.1 Å². The molecule has 1 amide bonds. The zero-order valence-corrected chi connectivity index (χ0v) is 18.3. The summed E-state index contributed by atoms with van der Waals surface area (Å²) in [5.41, 5.74) is 3.47. The quantitative estimate of drug-likeness (QED) is 0.405. The standard InChI is InChI=1S/C17H30N6O.HI/c1-12-15(13(2)22(5)21-12)11-20-17(19-4)23-8-6-14(7-9-23)10-16(24)18-3;/h14H,6-11H2,1-5H3,(H,18,24)(H,19,20);1H. The molecule has 1 fully saturated rings. The summed E-state index contributed by atoms with van der Waals surface area (Å²) in [6.07, 6.45) is 2.68. The van der Waals surface area contributed by atoms with Crippen LogP contribution in [-0.4, -0.2) is 53.7 Å². The molecule has 2 rings (SSSR count). The van der Waals surface area contributed by atoms with Gasteiger partial charge in [0.1, 0.15) is 0 Å². The first kappa shape index (κ1) is 21.7. The molecule has 2 N–H and O–H groups in total. The molecule has 8 heteroatoms. The summed E-state index contributed by atoms with van der Waals surface area (Å²) in [6.45, 7) is 6.73. The average molecular weight is 462 g/mol. The smallest absolute Gasteiger partial charge is 0.220 e. The summed E-state index contributed by atoms with van der Waals surface area (Å²) < 4.78 is 1.92. The van der Waals surface area contributed by atoms with Crippen molar-refractivity contribution in [3.05, 3.63) is 17.0 Å². The number of guanidine groups is 1. The first-order valence-electron chi connectivity index (χ1n) is 8.61. The molecule has 0 saturated carbocycles. The molecule has 0 aliphatic carbocycles. The number of aryl methyl sites for hydroxylation is 2. The number of likely N-dealkylation sites (tertiary alicyclic amines) is 1. The summed E-state index contributed by atoms with van der Waals surface area (Å²) in [5.74, 6) is 1.54. The first-order chi connectivity index (χ1) is 11.5. The molecule has 2 heterocycles. The number of aromatic nitrogens is 2. The van der Waals surface area contributed by atoms with Gasteiger partial charge in [-0.15, -0.1) is 24.0 Å². The third-order valence-corrected chi connectivity index (χ3v) is 4.96. The lowest BCUT2D eigenvalue weighted by molar-refractivity contribution is -0.121. The third kappa shape index (κ3) is 5.58. The first-order valence-corrected chi connectivity index (χ1v) is 8.61. The Kier molecular flexibility index (Phi) is 8.67. The fourth-order valence-electron chi connectivity index (χ4n) is 3.29. The number of carbonyl (C=O) groups is 1. The zero-order chi connectivity index (χ0) is 17.7. The van der Waals surface area contributed by atoms with Crippen LogP contribution in [-0.2, 0) is 18.4 Å². The van der Waals surface area contributed by atoms with Crippen molar-refractivity contribution in [1.29, 1.82) is 0 Å². The van der Waals surface area contributed by atoms with E-state index < -0.39 is 0 Å². The highest BCUT2D eigenvalue weighted by Gasteiger charge is 2.23.